The minimum Gasteiger partial charge on any atom is -0.307 e. The molecule has 3 heterocycles. The molecule has 1 amide bonds. The Morgan fingerprint density at radius 1 is 1.28 bits per heavy atom. The van der Waals surface area contributed by atoms with Gasteiger partial charge in [0.1, 0.15) is 5.82 Å². The van der Waals surface area contributed by atoms with Crippen LogP contribution in [0.4, 0.5) is 5.82 Å². The Kier molecular flexibility index (Phi) is 2.49. The van der Waals surface area contributed by atoms with Gasteiger partial charge < -0.3 is 9.72 Å². The third-order valence-electron chi connectivity index (χ3n) is 2.58. The molecule has 0 spiro atoms. The maximum absolute atomic E-state index is 12.0. The highest BCUT2D eigenvalue weighted by Gasteiger charge is 2.07. The topological polar surface area (TPSA) is 59.3 Å². The number of rotatable bonds is 2. The van der Waals surface area contributed by atoms with Gasteiger partial charge in [-0.25, -0.2) is 9.97 Å². The van der Waals surface area contributed by atoms with Gasteiger partial charge in [-0.3, -0.25) is 4.79 Å². The van der Waals surface area contributed by atoms with Crippen molar-refractivity contribution in [1.82, 2.24) is 14.4 Å². The van der Waals surface area contributed by atoms with Gasteiger partial charge in [0.2, 0.25) is 0 Å². The summed E-state index contributed by atoms with van der Waals surface area (Å²) >= 11 is 0. The van der Waals surface area contributed by atoms with E-state index in [0.29, 0.717) is 11.4 Å². The van der Waals surface area contributed by atoms with Crippen molar-refractivity contribution < 1.29 is 4.79 Å². The molecule has 0 aliphatic heterocycles. The molecular formula is C13H10N4O. The molecule has 0 radical (unpaired) electrons. The van der Waals surface area contributed by atoms with E-state index >= 15 is 0 Å². The van der Waals surface area contributed by atoms with Gasteiger partial charge in [-0.1, -0.05) is 6.07 Å². The van der Waals surface area contributed by atoms with Crippen LogP contribution in [0.2, 0.25) is 0 Å². The summed E-state index contributed by atoms with van der Waals surface area (Å²) < 4.78 is 1.84. The van der Waals surface area contributed by atoms with E-state index in [-0.39, 0.29) is 5.91 Å². The van der Waals surface area contributed by atoms with E-state index < -0.39 is 0 Å². The summed E-state index contributed by atoms with van der Waals surface area (Å²) in [7, 11) is 0. The third kappa shape index (κ3) is 1.93. The van der Waals surface area contributed by atoms with Crippen LogP contribution in [0.1, 0.15) is 10.4 Å². The molecule has 0 aliphatic carbocycles. The highest BCUT2D eigenvalue weighted by molar-refractivity contribution is 6.04. The molecule has 5 heteroatoms. The fourth-order valence-corrected chi connectivity index (χ4v) is 1.69. The molecule has 0 atom stereocenters. The lowest BCUT2D eigenvalue weighted by Crippen LogP contribution is -2.12. The number of aromatic nitrogens is 3. The lowest BCUT2D eigenvalue weighted by atomic mass is 10.2. The van der Waals surface area contributed by atoms with E-state index in [4.69, 9.17) is 0 Å². The summed E-state index contributed by atoms with van der Waals surface area (Å²) in [5.74, 6) is 0.355. The van der Waals surface area contributed by atoms with E-state index in [1.165, 1.54) is 0 Å². The largest absolute Gasteiger partial charge is 0.307 e. The molecule has 3 aromatic rings. The predicted molar refractivity (Wildman–Crippen MR) is 67.4 cm³/mol. The average Bonchev–Trinajstić information content (AvgIpc) is 2.87. The number of hydrogen-bond acceptors (Lipinski definition) is 3. The molecule has 18 heavy (non-hydrogen) atoms. The number of nitrogens with zero attached hydrogens (tertiary/aromatic N) is 3. The van der Waals surface area contributed by atoms with E-state index in [1.807, 2.05) is 10.5 Å². The van der Waals surface area contributed by atoms with Gasteiger partial charge in [0.15, 0.2) is 0 Å². The minimum atomic E-state index is -0.183. The molecule has 1 N–H and O–H groups in total. The first kappa shape index (κ1) is 10.5. The van der Waals surface area contributed by atoms with Gasteiger partial charge in [-0.2, -0.15) is 0 Å². The molecule has 0 unspecified atom stereocenters. The summed E-state index contributed by atoms with van der Waals surface area (Å²) in [5, 5.41) is 2.74. The van der Waals surface area contributed by atoms with Crippen LogP contribution in [0.3, 0.4) is 0 Å². The number of hydrogen-bond donors (Lipinski definition) is 1. The van der Waals surface area contributed by atoms with E-state index in [1.54, 1.807) is 49.2 Å². The van der Waals surface area contributed by atoms with E-state index in [9.17, 15) is 4.79 Å². The van der Waals surface area contributed by atoms with E-state index in [0.717, 1.165) is 5.52 Å². The van der Waals surface area contributed by atoms with Crippen LogP contribution in [0.15, 0.2) is 55.2 Å². The molecule has 0 aliphatic rings. The molecule has 5 nitrogen and oxygen atoms in total. The van der Waals surface area contributed by atoms with Crippen molar-refractivity contribution >= 4 is 17.2 Å². The maximum Gasteiger partial charge on any atom is 0.256 e. The van der Waals surface area contributed by atoms with Gasteiger partial charge in [-0.05, 0) is 24.3 Å². The van der Waals surface area contributed by atoms with Gasteiger partial charge in [-0.15, -0.1) is 0 Å². The summed E-state index contributed by atoms with van der Waals surface area (Å²) in [5.41, 5.74) is 1.46. The van der Waals surface area contributed by atoms with Crippen molar-refractivity contribution in [2.75, 3.05) is 5.32 Å². The molecule has 3 rings (SSSR count). The highest BCUT2D eigenvalue weighted by atomic mass is 16.1. The second-order valence-corrected chi connectivity index (χ2v) is 3.81. The Morgan fingerprint density at radius 3 is 3.06 bits per heavy atom. The molecule has 88 valence electrons. The number of anilines is 1. The lowest BCUT2D eigenvalue weighted by molar-refractivity contribution is 0.102. The van der Waals surface area contributed by atoms with Crippen molar-refractivity contribution in [3.63, 3.8) is 0 Å². The van der Waals surface area contributed by atoms with Crippen LogP contribution in [0.25, 0.3) is 5.52 Å². The maximum atomic E-state index is 12.0. The fraction of sp³-hybridized carbons (Fsp3) is 0. The van der Waals surface area contributed by atoms with Gasteiger partial charge in [0.05, 0.1) is 18.0 Å². The minimum absolute atomic E-state index is 0.183. The number of nitrogens with one attached hydrogen (secondary N) is 1. The molecule has 0 bridgehead atoms. The molecule has 0 saturated carbocycles. The van der Waals surface area contributed by atoms with Crippen molar-refractivity contribution in [2.45, 2.75) is 0 Å². The van der Waals surface area contributed by atoms with Crippen LogP contribution in [0, 0.1) is 0 Å². The van der Waals surface area contributed by atoms with Crippen molar-refractivity contribution in [3.8, 4) is 0 Å². The summed E-state index contributed by atoms with van der Waals surface area (Å²) in [4.78, 5) is 20.1. The summed E-state index contributed by atoms with van der Waals surface area (Å²) in [6, 6.07) is 8.89. The van der Waals surface area contributed by atoms with Crippen LogP contribution < -0.4 is 5.32 Å². The Balaban J connectivity index is 1.87. The lowest BCUT2D eigenvalue weighted by Gasteiger charge is -2.04. The first-order valence-electron chi connectivity index (χ1n) is 5.47. The monoisotopic (exact) mass is 238 g/mol. The molecular weight excluding hydrogens is 228 g/mol. The highest BCUT2D eigenvalue weighted by Crippen LogP contribution is 2.09. The van der Waals surface area contributed by atoms with E-state index in [2.05, 4.69) is 15.3 Å². The zero-order valence-corrected chi connectivity index (χ0v) is 9.45. The van der Waals surface area contributed by atoms with Gasteiger partial charge in [0, 0.05) is 18.0 Å². The molecule has 3 aromatic heterocycles. The van der Waals surface area contributed by atoms with Gasteiger partial charge in [0.25, 0.3) is 5.91 Å². The number of amides is 1. The smallest absolute Gasteiger partial charge is 0.256 e. The normalized spacial score (nSPS) is 10.4. The fourth-order valence-electron chi connectivity index (χ4n) is 1.69. The number of carbonyl (C=O) groups is 1. The van der Waals surface area contributed by atoms with Crippen LogP contribution in [-0.2, 0) is 0 Å². The first-order valence-corrected chi connectivity index (χ1v) is 5.47. The van der Waals surface area contributed by atoms with Crippen molar-refractivity contribution in [2.24, 2.45) is 0 Å². The Bertz CT molecular complexity index is 690. The van der Waals surface area contributed by atoms with Crippen molar-refractivity contribution in [1.29, 1.82) is 0 Å². The number of imidazole rings is 1. The Labute approximate surface area is 103 Å². The average molecular weight is 238 g/mol. The predicted octanol–water partition coefficient (Wildman–Crippen LogP) is 1.98. The molecule has 0 fully saturated rings. The van der Waals surface area contributed by atoms with Crippen molar-refractivity contribution in [3.05, 3.63) is 60.8 Å². The Morgan fingerprint density at radius 2 is 2.22 bits per heavy atom. The second kappa shape index (κ2) is 4.29. The number of pyridine rings is 2. The number of carbonyl (C=O) groups excluding carboxylic acids is 1. The van der Waals surface area contributed by atoms with Crippen LogP contribution in [-0.4, -0.2) is 20.3 Å². The van der Waals surface area contributed by atoms with Gasteiger partial charge >= 0.3 is 0 Å². The van der Waals surface area contributed by atoms with Crippen LogP contribution in [0.5, 0.6) is 0 Å². The third-order valence-corrected chi connectivity index (χ3v) is 2.58. The zero-order chi connectivity index (χ0) is 12.4. The van der Waals surface area contributed by atoms with Crippen LogP contribution >= 0.6 is 0 Å². The number of fused-ring (bicyclic) bond motifs is 1. The second-order valence-electron chi connectivity index (χ2n) is 3.81. The SMILES string of the molecule is O=C(Nc1ccccn1)c1ccn2cncc2c1. The molecule has 0 aromatic carbocycles. The molecule has 0 saturated heterocycles. The summed E-state index contributed by atoms with van der Waals surface area (Å²) in [6.45, 7) is 0. The summed E-state index contributed by atoms with van der Waals surface area (Å²) in [6.07, 6.45) is 6.83. The quantitative estimate of drug-likeness (QED) is 0.742. The first-order chi connectivity index (χ1) is 8.83. The Hall–Kier alpha value is -2.69. The standard InChI is InChI=1S/C13H10N4O/c18-13(16-12-3-1-2-5-15-12)10-4-6-17-9-14-8-11(17)7-10/h1-9H,(H,15,16,18). The zero-order valence-electron chi connectivity index (χ0n) is 9.45.